The predicted molar refractivity (Wildman–Crippen MR) is 264 cm³/mol. The van der Waals surface area contributed by atoms with E-state index < -0.39 is 29.7 Å². The van der Waals surface area contributed by atoms with Crippen molar-refractivity contribution < 1.29 is 101 Å². The van der Waals surface area contributed by atoms with E-state index in [-0.39, 0.29) is 64.1 Å². The van der Waals surface area contributed by atoms with Crippen molar-refractivity contribution in [2.45, 2.75) is 6.42 Å². The molecule has 0 radical (unpaired) electrons. The van der Waals surface area contributed by atoms with Crippen LogP contribution in [0.2, 0.25) is 0 Å². The number of carbonyl (C=O) groups excluding carboxylic acids is 4. The second-order valence-corrected chi connectivity index (χ2v) is 16.6. The Morgan fingerprint density at radius 1 is 0.360 bits per heavy atom. The lowest BCUT2D eigenvalue weighted by Crippen LogP contribution is -2.50. The van der Waals surface area contributed by atoms with Gasteiger partial charge in [0.1, 0.15) is 0 Å². The van der Waals surface area contributed by atoms with Crippen LogP contribution in [-0.2, 0) is 85.7 Å². The van der Waals surface area contributed by atoms with Gasteiger partial charge in [-0.25, -0.2) is 0 Å². The van der Waals surface area contributed by atoms with Crippen LogP contribution in [0.3, 0.4) is 0 Å². The average Bonchev–Trinajstić information content (AvgIpc) is 3.69. The van der Waals surface area contributed by atoms with E-state index >= 15 is 0 Å². The van der Waals surface area contributed by atoms with Crippen molar-refractivity contribution in [1.82, 2.24) is 35.1 Å². The number of carboxylic acid groups (broad SMARTS) is 3. The van der Waals surface area contributed by atoms with Gasteiger partial charge in [-0.15, -0.1) is 0 Å². The zero-order chi connectivity index (χ0) is 54.4. The van der Waals surface area contributed by atoms with Gasteiger partial charge >= 0.3 is 17.9 Å². The van der Waals surface area contributed by atoms with E-state index in [1.54, 1.807) is 14.7 Å². The monoisotopic (exact) mass is 1080 g/mol. The Hall–Kier alpha value is -4.37. The molecule has 0 unspecified atom stereocenters. The standard InChI is InChI=1S/C47H83N7O21/c55-41(3-6-54-43(57)1-2-44(54)58)48-4-15-65-17-19-67-21-23-69-25-27-71-29-31-73-33-35-75-36-34-74-32-30-72-28-26-70-24-22-68-20-18-66-16-5-49-42(56)37-50-7-9-51(38-45(59)60)11-13-53(40-47(63)64)14-12-52(10-8-50)39-46(61)62/h1-2H,3-40H2,(H,48,55)(H,49,56)(H,59,60)(H,61,62)(H,63,64). The van der Waals surface area contributed by atoms with Crippen LogP contribution in [0.4, 0.5) is 0 Å². The van der Waals surface area contributed by atoms with Crippen molar-refractivity contribution in [3.8, 4) is 0 Å². The van der Waals surface area contributed by atoms with Gasteiger partial charge in [-0.2, -0.15) is 0 Å². The van der Waals surface area contributed by atoms with Crippen molar-refractivity contribution >= 4 is 41.5 Å². The smallest absolute Gasteiger partial charge is 0.317 e. The molecule has 5 N–H and O–H groups in total. The Balaban J connectivity index is 1.29. The maximum atomic E-state index is 12.8. The molecule has 2 aliphatic rings. The van der Waals surface area contributed by atoms with Crippen LogP contribution in [0.15, 0.2) is 12.2 Å². The highest BCUT2D eigenvalue weighted by Gasteiger charge is 2.24. The second-order valence-electron chi connectivity index (χ2n) is 16.6. The summed E-state index contributed by atoms with van der Waals surface area (Å²) in [5, 5.41) is 33.6. The van der Waals surface area contributed by atoms with Crippen molar-refractivity contribution in [2.24, 2.45) is 0 Å². The number of ether oxygens (including phenoxy) is 11. The highest BCUT2D eigenvalue weighted by Crippen LogP contribution is 2.05. The van der Waals surface area contributed by atoms with Gasteiger partial charge in [-0.1, -0.05) is 0 Å². The molecule has 0 spiro atoms. The number of carboxylic acids is 3. The minimum Gasteiger partial charge on any atom is -0.480 e. The Labute approximate surface area is 438 Å². The number of nitrogens with one attached hydrogen (secondary N) is 2. The summed E-state index contributed by atoms with van der Waals surface area (Å²) < 4.78 is 60.4. The van der Waals surface area contributed by atoms with Gasteiger partial charge in [0.05, 0.1) is 172 Å². The van der Waals surface area contributed by atoms with E-state index in [2.05, 4.69) is 10.6 Å². The number of rotatable bonds is 47. The van der Waals surface area contributed by atoms with Crippen molar-refractivity contribution in [1.29, 1.82) is 0 Å². The first-order valence-corrected chi connectivity index (χ1v) is 25.4. The Morgan fingerprint density at radius 3 is 0.840 bits per heavy atom. The lowest BCUT2D eigenvalue weighted by Gasteiger charge is -2.32. The number of aliphatic carboxylic acids is 3. The van der Waals surface area contributed by atoms with Crippen LogP contribution in [0.1, 0.15) is 6.42 Å². The first-order valence-electron chi connectivity index (χ1n) is 25.4. The molecule has 0 atom stereocenters. The van der Waals surface area contributed by atoms with E-state index in [0.717, 1.165) is 4.90 Å². The first kappa shape index (κ1) is 66.7. The fourth-order valence-corrected chi connectivity index (χ4v) is 6.82. The lowest BCUT2D eigenvalue weighted by molar-refractivity contribution is -0.140. The summed E-state index contributed by atoms with van der Waals surface area (Å²) in [5.74, 6) is -4.40. The van der Waals surface area contributed by atoms with Crippen LogP contribution in [0.25, 0.3) is 0 Å². The zero-order valence-corrected chi connectivity index (χ0v) is 43.5. The fraction of sp³-hybridized carbons (Fsp3) is 0.809. The molecule has 432 valence electrons. The molecule has 4 amide bonds. The third-order valence-electron chi connectivity index (χ3n) is 10.7. The summed E-state index contributed by atoms with van der Waals surface area (Å²) in [6.07, 6.45) is 2.41. The summed E-state index contributed by atoms with van der Waals surface area (Å²) in [4.78, 5) is 89.9. The van der Waals surface area contributed by atoms with Gasteiger partial charge in [0.15, 0.2) is 0 Å². The predicted octanol–water partition coefficient (Wildman–Crippen LogP) is -3.81. The number of nitrogens with zero attached hydrogens (tertiary/aromatic N) is 5. The van der Waals surface area contributed by atoms with E-state index in [4.69, 9.17) is 52.1 Å². The van der Waals surface area contributed by atoms with Crippen molar-refractivity contribution in [3.05, 3.63) is 12.2 Å². The van der Waals surface area contributed by atoms with Crippen molar-refractivity contribution in [3.63, 3.8) is 0 Å². The Bertz CT molecular complexity index is 1550. The minimum atomic E-state index is -1.03. The second kappa shape index (κ2) is 45.8. The molecule has 2 rings (SSSR count). The maximum Gasteiger partial charge on any atom is 0.317 e. The van der Waals surface area contributed by atoms with Crippen LogP contribution >= 0.6 is 0 Å². The molecule has 0 aromatic rings. The third kappa shape index (κ3) is 39.6. The Kier molecular flexibility index (Phi) is 40.7. The summed E-state index contributed by atoms with van der Waals surface area (Å²) in [6, 6.07) is 0. The highest BCUT2D eigenvalue weighted by molar-refractivity contribution is 6.13. The fourth-order valence-electron chi connectivity index (χ4n) is 6.82. The van der Waals surface area contributed by atoms with Gasteiger partial charge in [-0.05, 0) is 0 Å². The molecule has 0 bridgehead atoms. The average molecular weight is 1080 g/mol. The molecule has 1 fully saturated rings. The maximum absolute atomic E-state index is 12.8. The number of amides is 4. The molecule has 75 heavy (non-hydrogen) atoms. The van der Waals surface area contributed by atoms with Crippen LogP contribution in [0, 0.1) is 0 Å². The molecular formula is C47H83N7O21. The van der Waals surface area contributed by atoms with E-state index in [9.17, 15) is 48.9 Å². The number of hydrogen-bond acceptors (Lipinski definition) is 22. The topological polar surface area (TPSA) is 322 Å². The van der Waals surface area contributed by atoms with E-state index in [0.29, 0.717) is 198 Å². The quantitative estimate of drug-likeness (QED) is 0.0288. The highest BCUT2D eigenvalue weighted by atomic mass is 16.6. The normalized spacial score (nSPS) is 15.5. The molecule has 28 heteroatoms. The number of imide groups is 1. The van der Waals surface area contributed by atoms with Crippen LogP contribution in [-0.4, -0.2) is 325 Å². The zero-order valence-electron chi connectivity index (χ0n) is 43.5. The largest absolute Gasteiger partial charge is 0.480 e. The molecule has 1 saturated heterocycles. The molecule has 0 aromatic carbocycles. The molecule has 0 aromatic heterocycles. The molecular weight excluding hydrogens is 999 g/mol. The van der Waals surface area contributed by atoms with Crippen molar-refractivity contribution in [2.75, 3.05) is 244 Å². The van der Waals surface area contributed by atoms with E-state index in [1.807, 2.05) is 4.90 Å². The molecule has 2 aliphatic heterocycles. The number of carbonyl (C=O) groups is 7. The SMILES string of the molecule is O=C(O)CN1CCN(CC(=O)O)CCN(CC(=O)NCCOCCOCCOCCOCCOCCOCCOCCOCCOCCOCCOCCNC(=O)CCN2C(=O)C=CC2=O)CCN(CC(=O)O)CC1. The van der Waals surface area contributed by atoms with Gasteiger partial charge in [-0.3, -0.25) is 58.1 Å². The van der Waals surface area contributed by atoms with E-state index in [1.165, 1.54) is 12.2 Å². The van der Waals surface area contributed by atoms with Gasteiger partial charge in [0.2, 0.25) is 11.8 Å². The molecule has 0 aliphatic carbocycles. The third-order valence-corrected chi connectivity index (χ3v) is 10.7. The number of hydrogen-bond donors (Lipinski definition) is 5. The van der Waals surface area contributed by atoms with Crippen LogP contribution < -0.4 is 10.6 Å². The van der Waals surface area contributed by atoms with Gasteiger partial charge < -0.3 is 78.1 Å². The summed E-state index contributed by atoms with van der Waals surface area (Å²) in [5.41, 5.74) is 0. The summed E-state index contributed by atoms with van der Waals surface area (Å²) >= 11 is 0. The summed E-state index contributed by atoms with van der Waals surface area (Å²) in [7, 11) is 0. The van der Waals surface area contributed by atoms with Crippen LogP contribution in [0.5, 0.6) is 0 Å². The Morgan fingerprint density at radius 2 is 0.587 bits per heavy atom. The molecule has 28 nitrogen and oxygen atoms in total. The minimum absolute atomic E-state index is 0.0237. The van der Waals surface area contributed by atoms with Gasteiger partial charge in [0.25, 0.3) is 11.8 Å². The lowest BCUT2D eigenvalue weighted by atomic mass is 10.3. The molecule has 2 heterocycles. The first-order chi connectivity index (χ1) is 36.4. The molecule has 0 saturated carbocycles. The summed E-state index contributed by atoms with van der Waals surface area (Å²) in [6.45, 7) is 11.2. The van der Waals surface area contributed by atoms with Gasteiger partial charge in [0, 0.05) is 90.6 Å².